The van der Waals surface area contributed by atoms with Crippen molar-refractivity contribution in [2.75, 3.05) is 0 Å². The molecule has 2 N–H and O–H groups in total. The molecule has 0 bridgehead atoms. The first-order valence-electron chi connectivity index (χ1n) is 6.63. The van der Waals surface area contributed by atoms with Gasteiger partial charge in [-0.3, -0.25) is 5.32 Å². The topological polar surface area (TPSA) is 75.6 Å². The van der Waals surface area contributed by atoms with Gasteiger partial charge in [-0.25, -0.2) is 9.59 Å². The Morgan fingerprint density at radius 2 is 1.59 bits per heavy atom. The number of rotatable bonds is 5. The highest BCUT2D eigenvalue weighted by atomic mass is 16.5. The Bertz CT molecular complexity index is 666. The van der Waals surface area contributed by atoms with Crippen LogP contribution in [0.15, 0.2) is 66.7 Å². The van der Waals surface area contributed by atoms with Gasteiger partial charge >= 0.3 is 12.1 Å². The summed E-state index contributed by atoms with van der Waals surface area (Å²) >= 11 is 0. The smallest absolute Gasteiger partial charge is 0.411 e. The Labute approximate surface area is 127 Å². The zero-order valence-corrected chi connectivity index (χ0v) is 11.7. The van der Waals surface area contributed by atoms with Gasteiger partial charge in [0.15, 0.2) is 0 Å². The molecule has 0 heterocycles. The predicted molar refractivity (Wildman–Crippen MR) is 81.8 cm³/mol. The Balaban J connectivity index is 2.01. The number of hydrogen-bond acceptors (Lipinski definition) is 3. The Kier molecular flexibility index (Phi) is 5.31. The number of ether oxygens (including phenoxy) is 1. The third-order valence-electron chi connectivity index (χ3n) is 2.80. The molecule has 0 aliphatic rings. The van der Waals surface area contributed by atoms with E-state index in [2.05, 4.69) is 5.32 Å². The number of carbonyl (C=O) groups is 2. The van der Waals surface area contributed by atoms with Crippen molar-refractivity contribution in [3.8, 4) is 0 Å². The monoisotopic (exact) mass is 297 g/mol. The van der Waals surface area contributed by atoms with Crippen LogP contribution in [0.25, 0.3) is 5.70 Å². The molecule has 0 saturated carbocycles. The minimum atomic E-state index is -1.15. The van der Waals surface area contributed by atoms with E-state index in [0.29, 0.717) is 5.56 Å². The van der Waals surface area contributed by atoms with Gasteiger partial charge in [0, 0.05) is 6.08 Å². The van der Waals surface area contributed by atoms with Gasteiger partial charge in [-0.1, -0.05) is 60.7 Å². The molecule has 0 fully saturated rings. The molecule has 0 radical (unpaired) electrons. The third-order valence-corrected chi connectivity index (χ3v) is 2.80. The van der Waals surface area contributed by atoms with Crippen LogP contribution in [0, 0.1) is 0 Å². The van der Waals surface area contributed by atoms with Crippen LogP contribution >= 0.6 is 0 Å². The minimum Gasteiger partial charge on any atom is -0.478 e. The van der Waals surface area contributed by atoms with E-state index in [1.807, 2.05) is 30.3 Å². The number of carbonyl (C=O) groups excluding carboxylic acids is 1. The molecule has 0 aromatic heterocycles. The lowest BCUT2D eigenvalue weighted by molar-refractivity contribution is -0.131. The van der Waals surface area contributed by atoms with Crippen LogP contribution in [0.1, 0.15) is 11.1 Å². The van der Waals surface area contributed by atoms with E-state index in [0.717, 1.165) is 11.6 Å². The van der Waals surface area contributed by atoms with Crippen LogP contribution in [0.4, 0.5) is 4.79 Å². The van der Waals surface area contributed by atoms with Crippen molar-refractivity contribution in [2.45, 2.75) is 6.61 Å². The van der Waals surface area contributed by atoms with Gasteiger partial charge in [-0.2, -0.15) is 0 Å². The van der Waals surface area contributed by atoms with E-state index in [4.69, 9.17) is 9.84 Å². The molecule has 2 rings (SSSR count). The van der Waals surface area contributed by atoms with E-state index in [9.17, 15) is 9.59 Å². The van der Waals surface area contributed by atoms with Crippen LogP contribution in [-0.4, -0.2) is 17.2 Å². The van der Waals surface area contributed by atoms with Gasteiger partial charge in [-0.15, -0.1) is 0 Å². The van der Waals surface area contributed by atoms with Crippen LogP contribution in [0.3, 0.4) is 0 Å². The van der Waals surface area contributed by atoms with Crippen molar-refractivity contribution in [1.82, 2.24) is 5.32 Å². The zero-order chi connectivity index (χ0) is 15.8. The highest BCUT2D eigenvalue weighted by Gasteiger charge is 2.09. The highest BCUT2D eigenvalue weighted by Crippen LogP contribution is 2.11. The summed E-state index contributed by atoms with van der Waals surface area (Å²) in [5.41, 5.74) is 1.61. The summed E-state index contributed by atoms with van der Waals surface area (Å²) in [4.78, 5) is 22.7. The van der Waals surface area contributed by atoms with Gasteiger partial charge < -0.3 is 9.84 Å². The fourth-order valence-corrected chi connectivity index (χ4v) is 1.80. The molecule has 5 nitrogen and oxygen atoms in total. The van der Waals surface area contributed by atoms with E-state index in [-0.39, 0.29) is 12.3 Å². The molecular weight excluding hydrogens is 282 g/mol. The molecule has 0 saturated heterocycles. The predicted octanol–water partition coefficient (Wildman–Crippen LogP) is 3.04. The Morgan fingerprint density at radius 1 is 1.00 bits per heavy atom. The average Bonchev–Trinajstić information content (AvgIpc) is 2.54. The Hall–Kier alpha value is -3.08. The number of carboxylic acids is 1. The zero-order valence-electron chi connectivity index (χ0n) is 11.7. The molecule has 0 aliphatic carbocycles. The van der Waals surface area contributed by atoms with Crippen molar-refractivity contribution in [2.24, 2.45) is 0 Å². The Morgan fingerprint density at radius 3 is 2.18 bits per heavy atom. The lowest BCUT2D eigenvalue weighted by Crippen LogP contribution is -2.23. The molecular formula is C17H15NO4. The van der Waals surface area contributed by atoms with Crippen molar-refractivity contribution < 1.29 is 19.4 Å². The molecule has 2 aromatic carbocycles. The van der Waals surface area contributed by atoms with Gasteiger partial charge in [-0.05, 0) is 11.1 Å². The van der Waals surface area contributed by atoms with Crippen molar-refractivity contribution >= 4 is 17.8 Å². The number of hydrogen-bond donors (Lipinski definition) is 2. The fourth-order valence-electron chi connectivity index (χ4n) is 1.80. The van der Waals surface area contributed by atoms with Crippen molar-refractivity contribution in [3.63, 3.8) is 0 Å². The van der Waals surface area contributed by atoms with Gasteiger partial charge in [0.1, 0.15) is 6.61 Å². The average molecular weight is 297 g/mol. The molecule has 112 valence electrons. The first kappa shape index (κ1) is 15.3. The standard InChI is InChI=1S/C17H15NO4/c19-16(20)11-15(14-9-5-2-6-10-14)18-17(21)22-12-13-7-3-1-4-8-13/h1-11H,12H2,(H,18,21)(H,19,20). The maximum Gasteiger partial charge on any atom is 0.411 e. The van der Waals surface area contributed by atoms with Crippen molar-refractivity contribution in [3.05, 3.63) is 77.9 Å². The van der Waals surface area contributed by atoms with Crippen LogP contribution in [0.5, 0.6) is 0 Å². The normalized spacial score (nSPS) is 10.8. The first-order valence-corrected chi connectivity index (χ1v) is 6.63. The maximum absolute atomic E-state index is 11.8. The number of amides is 1. The summed E-state index contributed by atoms with van der Waals surface area (Å²) in [7, 11) is 0. The first-order chi connectivity index (χ1) is 10.6. The molecule has 5 heteroatoms. The van der Waals surface area contributed by atoms with E-state index in [1.54, 1.807) is 30.3 Å². The molecule has 2 aromatic rings. The molecule has 0 spiro atoms. The number of aliphatic carboxylic acids is 1. The molecule has 1 amide bonds. The van der Waals surface area contributed by atoms with Crippen LogP contribution in [-0.2, 0) is 16.1 Å². The van der Waals surface area contributed by atoms with E-state index < -0.39 is 12.1 Å². The summed E-state index contributed by atoms with van der Waals surface area (Å²) in [5, 5.41) is 11.4. The number of nitrogens with one attached hydrogen (secondary N) is 1. The van der Waals surface area contributed by atoms with Crippen LogP contribution in [0.2, 0.25) is 0 Å². The molecule has 0 unspecified atom stereocenters. The fraction of sp³-hybridized carbons (Fsp3) is 0.0588. The highest BCUT2D eigenvalue weighted by molar-refractivity contribution is 5.93. The number of alkyl carbamates (subject to hydrolysis) is 1. The lowest BCUT2D eigenvalue weighted by Gasteiger charge is -2.10. The maximum atomic E-state index is 11.8. The summed E-state index contributed by atoms with van der Waals surface area (Å²) in [5.74, 6) is -1.15. The summed E-state index contributed by atoms with van der Waals surface area (Å²) in [6, 6.07) is 17.9. The summed E-state index contributed by atoms with van der Waals surface area (Å²) < 4.78 is 5.08. The molecule has 0 aliphatic heterocycles. The van der Waals surface area contributed by atoms with Gasteiger partial charge in [0.2, 0.25) is 0 Å². The second-order valence-electron chi connectivity index (χ2n) is 4.45. The number of benzene rings is 2. The largest absolute Gasteiger partial charge is 0.478 e. The summed E-state index contributed by atoms with van der Waals surface area (Å²) in [6.45, 7) is 0.113. The quantitative estimate of drug-likeness (QED) is 0.832. The van der Waals surface area contributed by atoms with Gasteiger partial charge in [0.25, 0.3) is 0 Å². The second kappa shape index (κ2) is 7.64. The second-order valence-corrected chi connectivity index (χ2v) is 4.45. The van der Waals surface area contributed by atoms with E-state index >= 15 is 0 Å². The number of carboxylic acid groups (broad SMARTS) is 1. The third kappa shape index (κ3) is 4.79. The lowest BCUT2D eigenvalue weighted by atomic mass is 10.1. The van der Waals surface area contributed by atoms with Crippen LogP contribution < -0.4 is 5.32 Å². The van der Waals surface area contributed by atoms with Crippen molar-refractivity contribution in [1.29, 1.82) is 0 Å². The molecule has 0 atom stereocenters. The molecule has 22 heavy (non-hydrogen) atoms. The SMILES string of the molecule is O=C(O)C=C(NC(=O)OCc1ccccc1)c1ccccc1. The summed E-state index contributed by atoms with van der Waals surface area (Å²) in [6.07, 6.45) is 0.222. The minimum absolute atomic E-state index is 0.113. The van der Waals surface area contributed by atoms with E-state index in [1.165, 1.54) is 0 Å². The van der Waals surface area contributed by atoms with Gasteiger partial charge in [0.05, 0.1) is 5.70 Å².